The first-order chi connectivity index (χ1) is 17.3. The van der Waals surface area contributed by atoms with Gasteiger partial charge in [-0.25, -0.2) is 4.39 Å². The summed E-state index contributed by atoms with van der Waals surface area (Å²) in [5.74, 6) is 1.06. The predicted octanol–water partition coefficient (Wildman–Crippen LogP) is 3.83. The number of anilines is 1. The van der Waals surface area contributed by atoms with Crippen molar-refractivity contribution in [2.24, 2.45) is 23.2 Å². The highest BCUT2D eigenvalue weighted by molar-refractivity contribution is 5.96. The fourth-order valence-corrected chi connectivity index (χ4v) is 6.51. The van der Waals surface area contributed by atoms with Crippen LogP contribution in [-0.4, -0.2) is 31.4 Å². The summed E-state index contributed by atoms with van der Waals surface area (Å²) in [6, 6.07) is 9.93. The molecular formula is C27H30FN3O5. The first-order valence-corrected chi connectivity index (χ1v) is 12.3. The molecule has 0 atom stereocenters. The van der Waals surface area contributed by atoms with Crippen LogP contribution in [0.4, 0.5) is 10.1 Å². The maximum atomic E-state index is 13.1. The van der Waals surface area contributed by atoms with Gasteiger partial charge in [-0.15, -0.1) is 0 Å². The molecule has 2 aromatic carbocycles. The van der Waals surface area contributed by atoms with Gasteiger partial charge in [0.15, 0.2) is 18.1 Å². The molecule has 4 bridgehead atoms. The zero-order valence-electron chi connectivity index (χ0n) is 20.1. The van der Waals surface area contributed by atoms with Crippen LogP contribution in [0.5, 0.6) is 11.5 Å². The molecule has 6 rings (SSSR count). The Balaban J connectivity index is 1.15. The average Bonchev–Trinajstić information content (AvgIpc) is 2.86. The number of hydrogen-bond acceptors (Lipinski definition) is 5. The highest BCUT2D eigenvalue weighted by atomic mass is 19.1. The lowest BCUT2D eigenvalue weighted by molar-refractivity contribution is -0.147. The molecule has 0 heterocycles. The Morgan fingerprint density at radius 2 is 1.56 bits per heavy atom. The molecule has 3 amide bonds. The van der Waals surface area contributed by atoms with Crippen LogP contribution >= 0.6 is 0 Å². The van der Waals surface area contributed by atoms with Crippen molar-refractivity contribution in [3.05, 3.63) is 53.8 Å². The first kappa shape index (κ1) is 24.1. The fraction of sp³-hybridized carbons (Fsp3) is 0.444. The minimum Gasteiger partial charge on any atom is -0.493 e. The van der Waals surface area contributed by atoms with E-state index in [-0.39, 0.29) is 35.0 Å². The van der Waals surface area contributed by atoms with Gasteiger partial charge in [-0.3, -0.25) is 25.2 Å². The summed E-state index contributed by atoms with van der Waals surface area (Å²) in [5.41, 5.74) is 5.59. The second-order valence-corrected chi connectivity index (χ2v) is 10.3. The number of hydrogen-bond donors (Lipinski definition) is 3. The van der Waals surface area contributed by atoms with E-state index in [1.807, 2.05) is 0 Å². The van der Waals surface area contributed by atoms with Crippen molar-refractivity contribution in [1.29, 1.82) is 0 Å². The van der Waals surface area contributed by atoms with Crippen LogP contribution in [0.2, 0.25) is 0 Å². The van der Waals surface area contributed by atoms with E-state index in [9.17, 15) is 18.8 Å². The van der Waals surface area contributed by atoms with Crippen molar-refractivity contribution >= 4 is 23.4 Å². The molecule has 36 heavy (non-hydrogen) atoms. The lowest BCUT2D eigenvalue weighted by Gasteiger charge is -2.55. The summed E-state index contributed by atoms with van der Waals surface area (Å²) in [5, 5.41) is 2.61. The second kappa shape index (κ2) is 9.79. The molecule has 0 radical (unpaired) electrons. The van der Waals surface area contributed by atoms with Crippen molar-refractivity contribution < 1.29 is 28.2 Å². The number of nitrogens with one attached hydrogen (secondary N) is 3. The molecule has 4 saturated carbocycles. The quantitative estimate of drug-likeness (QED) is 0.507. The van der Waals surface area contributed by atoms with Crippen LogP contribution in [-0.2, 0) is 9.59 Å². The number of carbonyl (C=O) groups is 3. The van der Waals surface area contributed by atoms with Crippen molar-refractivity contribution in [3.8, 4) is 11.5 Å². The van der Waals surface area contributed by atoms with Crippen LogP contribution in [0.15, 0.2) is 42.5 Å². The van der Waals surface area contributed by atoms with E-state index in [0.29, 0.717) is 23.4 Å². The number of methoxy groups -OCH3 is 1. The molecule has 0 aromatic heterocycles. The monoisotopic (exact) mass is 495 g/mol. The first-order valence-electron chi connectivity index (χ1n) is 12.3. The van der Waals surface area contributed by atoms with Gasteiger partial charge in [-0.05, 0) is 98.7 Å². The number of benzene rings is 2. The number of rotatable bonds is 7. The Labute approximate surface area is 208 Å². The van der Waals surface area contributed by atoms with E-state index in [1.165, 1.54) is 68.8 Å². The van der Waals surface area contributed by atoms with Gasteiger partial charge in [-0.2, -0.15) is 0 Å². The van der Waals surface area contributed by atoms with Gasteiger partial charge in [0.2, 0.25) is 5.91 Å². The summed E-state index contributed by atoms with van der Waals surface area (Å²) in [6.07, 6.45) is 6.45. The Morgan fingerprint density at radius 1 is 0.917 bits per heavy atom. The van der Waals surface area contributed by atoms with E-state index < -0.39 is 17.6 Å². The average molecular weight is 496 g/mol. The molecule has 3 N–H and O–H groups in total. The van der Waals surface area contributed by atoms with Crippen LogP contribution in [0.25, 0.3) is 0 Å². The summed E-state index contributed by atoms with van der Waals surface area (Å²) in [7, 11) is 1.43. The smallest absolute Gasteiger partial charge is 0.269 e. The maximum absolute atomic E-state index is 13.1. The molecule has 4 aliphatic rings. The molecule has 2 aromatic rings. The zero-order valence-corrected chi connectivity index (χ0v) is 20.1. The van der Waals surface area contributed by atoms with Crippen molar-refractivity contribution in [1.82, 2.24) is 10.9 Å². The zero-order chi connectivity index (χ0) is 25.3. The van der Waals surface area contributed by atoms with Gasteiger partial charge in [0, 0.05) is 11.3 Å². The van der Waals surface area contributed by atoms with Gasteiger partial charge in [0.05, 0.1) is 12.5 Å². The third kappa shape index (κ3) is 5.01. The molecule has 0 aliphatic heterocycles. The van der Waals surface area contributed by atoms with Gasteiger partial charge in [-0.1, -0.05) is 0 Å². The Kier molecular flexibility index (Phi) is 6.55. The van der Waals surface area contributed by atoms with E-state index >= 15 is 0 Å². The fourth-order valence-electron chi connectivity index (χ4n) is 6.51. The van der Waals surface area contributed by atoms with Crippen LogP contribution in [0.3, 0.4) is 0 Å². The van der Waals surface area contributed by atoms with Crippen molar-refractivity contribution in [2.75, 3.05) is 19.0 Å². The predicted molar refractivity (Wildman–Crippen MR) is 130 cm³/mol. The van der Waals surface area contributed by atoms with Crippen LogP contribution < -0.4 is 25.6 Å². The van der Waals surface area contributed by atoms with Gasteiger partial charge in [0.1, 0.15) is 5.82 Å². The van der Waals surface area contributed by atoms with Crippen molar-refractivity contribution in [3.63, 3.8) is 0 Å². The Morgan fingerprint density at radius 3 is 2.17 bits per heavy atom. The highest BCUT2D eigenvalue weighted by Gasteiger charge is 2.54. The lowest BCUT2D eigenvalue weighted by atomic mass is 9.49. The number of amides is 3. The molecule has 8 nitrogen and oxygen atoms in total. The minimum absolute atomic E-state index is 0.0889. The molecule has 0 saturated heterocycles. The highest BCUT2D eigenvalue weighted by Crippen LogP contribution is 2.60. The molecular weight excluding hydrogens is 465 g/mol. The topological polar surface area (TPSA) is 106 Å². The summed E-state index contributed by atoms with van der Waals surface area (Å²) in [6.45, 7) is -0.305. The molecule has 4 fully saturated rings. The van der Waals surface area contributed by atoms with E-state index in [1.54, 1.807) is 0 Å². The van der Waals surface area contributed by atoms with Gasteiger partial charge in [0.25, 0.3) is 11.8 Å². The maximum Gasteiger partial charge on any atom is 0.269 e. The molecule has 9 heteroatoms. The van der Waals surface area contributed by atoms with Crippen LogP contribution in [0, 0.1) is 29.0 Å². The molecule has 190 valence electrons. The Bertz CT molecular complexity index is 1130. The van der Waals surface area contributed by atoms with Crippen molar-refractivity contribution in [2.45, 2.75) is 38.5 Å². The lowest BCUT2D eigenvalue weighted by Crippen LogP contribution is -2.56. The molecule has 0 unspecified atom stereocenters. The number of halogens is 1. The Hall–Kier alpha value is -3.62. The normalized spacial score (nSPS) is 25.7. The summed E-state index contributed by atoms with van der Waals surface area (Å²) in [4.78, 5) is 38.0. The number of carbonyl (C=O) groups excluding carboxylic acids is 3. The van der Waals surface area contributed by atoms with Gasteiger partial charge >= 0.3 is 0 Å². The SMILES string of the molecule is COc1cc(C(=O)NNC(=O)C23CC4CC(CC(C4)C2)C3)ccc1OCC(=O)Nc1ccc(F)cc1. The third-order valence-corrected chi connectivity index (χ3v) is 7.72. The summed E-state index contributed by atoms with van der Waals surface area (Å²) < 4.78 is 23.9. The van der Waals surface area contributed by atoms with E-state index in [2.05, 4.69) is 16.2 Å². The van der Waals surface area contributed by atoms with Gasteiger partial charge < -0.3 is 14.8 Å². The molecule has 0 spiro atoms. The van der Waals surface area contributed by atoms with E-state index in [4.69, 9.17) is 9.47 Å². The summed E-state index contributed by atoms with van der Waals surface area (Å²) >= 11 is 0. The standard InChI is InChI=1S/C27H30FN3O5/c1-35-23-11-19(2-7-22(23)36-15-24(32)29-21-5-3-20(28)4-6-21)25(33)30-31-26(34)27-12-16-8-17(13-27)10-18(9-16)14-27/h2-7,11,16-18H,8-10,12-15H2,1H3,(H,29,32)(H,30,33)(H,31,34). The minimum atomic E-state index is -0.466. The molecule has 4 aliphatic carbocycles. The van der Waals surface area contributed by atoms with E-state index in [0.717, 1.165) is 19.3 Å². The second-order valence-electron chi connectivity index (χ2n) is 10.3. The number of ether oxygens (including phenoxy) is 2. The third-order valence-electron chi connectivity index (χ3n) is 7.72. The number of hydrazine groups is 1. The van der Waals surface area contributed by atoms with Crippen LogP contribution in [0.1, 0.15) is 48.9 Å². The largest absolute Gasteiger partial charge is 0.493 e.